The van der Waals surface area contributed by atoms with Gasteiger partial charge in [-0.25, -0.2) is 0 Å². The molecule has 0 saturated carbocycles. The molecule has 6 nitrogen and oxygen atoms in total. The summed E-state index contributed by atoms with van der Waals surface area (Å²) in [7, 11) is 0. The Morgan fingerprint density at radius 2 is 2.10 bits per heavy atom. The summed E-state index contributed by atoms with van der Waals surface area (Å²) in [5, 5.41) is 3.88. The molecule has 0 atom stereocenters. The molecular formula is C15H14N4O2. The number of nitrogens with two attached hydrogens (primary N) is 1. The van der Waals surface area contributed by atoms with E-state index >= 15 is 0 Å². The highest BCUT2D eigenvalue weighted by molar-refractivity contribution is 5.46. The lowest BCUT2D eigenvalue weighted by molar-refractivity contribution is 0.243. The van der Waals surface area contributed by atoms with Gasteiger partial charge in [0.05, 0.1) is 0 Å². The third kappa shape index (κ3) is 3.24. The molecule has 0 amide bonds. The van der Waals surface area contributed by atoms with E-state index in [2.05, 4.69) is 15.1 Å². The van der Waals surface area contributed by atoms with Crippen LogP contribution in [0.25, 0.3) is 11.5 Å². The highest BCUT2D eigenvalue weighted by Crippen LogP contribution is 2.16. The zero-order valence-corrected chi connectivity index (χ0v) is 11.3. The first-order chi connectivity index (χ1) is 10.3. The van der Waals surface area contributed by atoms with Gasteiger partial charge in [-0.1, -0.05) is 23.4 Å². The van der Waals surface area contributed by atoms with Crippen molar-refractivity contribution in [1.29, 1.82) is 0 Å². The number of nitrogens with zero attached hydrogens (tertiary/aromatic N) is 3. The SMILES string of the molecule is NCc1cccc(OCc2nc(-c3ccccn3)no2)c1. The van der Waals surface area contributed by atoms with E-state index in [0.29, 0.717) is 24.0 Å². The zero-order chi connectivity index (χ0) is 14.5. The third-order valence-electron chi connectivity index (χ3n) is 2.86. The molecular weight excluding hydrogens is 268 g/mol. The number of hydrogen-bond acceptors (Lipinski definition) is 6. The lowest BCUT2D eigenvalue weighted by Crippen LogP contribution is -1.99. The minimum Gasteiger partial charge on any atom is -0.484 e. The second-order valence-corrected chi connectivity index (χ2v) is 4.37. The summed E-state index contributed by atoms with van der Waals surface area (Å²) < 4.78 is 10.8. The molecule has 3 rings (SSSR count). The van der Waals surface area contributed by atoms with Gasteiger partial charge in [-0.2, -0.15) is 4.98 Å². The lowest BCUT2D eigenvalue weighted by Gasteiger charge is -2.04. The average molecular weight is 282 g/mol. The topological polar surface area (TPSA) is 87.1 Å². The Morgan fingerprint density at radius 3 is 2.90 bits per heavy atom. The van der Waals surface area contributed by atoms with Crippen LogP contribution in [0.3, 0.4) is 0 Å². The summed E-state index contributed by atoms with van der Waals surface area (Å²) >= 11 is 0. The molecule has 0 fully saturated rings. The van der Waals surface area contributed by atoms with Crippen LogP contribution in [0, 0.1) is 0 Å². The van der Waals surface area contributed by atoms with Gasteiger partial charge in [0, 0.05) is 12.7 Å². The molecule has 0 aliphatic carbocycles. The predicted molar refractivity (Wildman–Crippen MR) is 76.2 cm³/mol. The van der Waals surface area contributed by atoms with Crippen molar-refractivity contribution in [2.24, 2.45) is 5.73 Å². The maximum Gasteiger partial charge on any atom is 0.264 e. The van der Waals surface area contributed by atoms with E-state index in [1.54, 1.807) is 6.20 Å². The molecule has 0 aliphatic rings. The van der Waals surface area contributed by atoms with Gasteiger partial charge >= 0.3 is 0 Å². The number of ether oxygens (including phenoxy) is 1. The summed E-state index contributed by atoms with van der Waals surface area (Å²) in [6.45, 7) is 0.676. The van der Waals surface area contributed by atoms with E-state index in [-0.39, 0.29) is 6.61 Å². The first kappa shape index (κ1) is 13.3. The van der Waals surface area contributed by atoms with Crippen LogP contribution in [0.15, 0.2) is 53.2 Å². The summed E-state index contributed by atoms with van der Waals surface area (Å²) in [6, 6.07) is 13.1. The third-order valence-corrected chi connectivity index (χ3v) is 2.86. The second kappa shape index (κ2) is 6.15. The fourth-order valence-corrected chi connectivity index (χ4v) is 1.82. The van der Waals surface area contributed by atoms with Crippen molar-refractivity contribution in [3.8, 4) is 17.3 Å². The van der Waals surface area contributed by atoms with Gasteiger partial charge in [-0.15, -0.1) is 0 Å². The largest absolute Gasteiger partial charge is 0.484 e. The molecule has 3 aromatic rings. The molecule has 0 radical (unpaired) electrons. The molecule has 0 unspecified atom stereocenters. The van der Waals surface area contributed by atoms with Crippen molar-refractivity contribution in [2.45, 2.75) is 13.2 Å². The maximum absolute atomic E-state index is 5.61. The molecule has 0 spiro atoms. The van der Waals surface area contributed by atoms with E-state index < -0.39 is 0 Å². The summed E-state index contributed by atoms with van der Waals surface area (Å²) in [6.07, 6.45) is 1.68. The van der Waals surface area contributed by atoms with E-state index in [1.165, 1.54) is 0 Å². The quantitative estimate of drug-likeness (QED) is 0.771. The van der Waals surface area contributed by atoms with Crippen molar-refractivity contribution in [1.82, 2.24) is 15.1 Å². The Bertz CT molecular complexity index is 712. The Kier molecular flexibility index (Phi) is 3.88. The summed E-state index contributed by atoms with van der Waals surface area (Å²) in [5.74, 6) is 1.56. The van der Waals surface area contributed by atoms with E-state index in [0.717, 1.165) is 11.3 Å². The van der Waals surface area contributed by atoms with Crippen LogP contribution in [-0.2, 0) is 13.2 Å². The number of rotatable bonds is 5. The van der Waals surface area contributed by atoms with Crippen LogP contribution in [-0.4, -0.2) is 15.1 Å². The molecule has 0 bridgehead atoms. The summed E-state index contributed by atoms with van der Waals surface area (Å²) in [4.78, 5) is 8.41. The fourth-order valence-electron chi connectivity index (χ4n) is 1.82. The summed E-state index contributed by atoms with van der Waals surface area (Å²) in [5.41, 5.74) is 7.26. The van der Waals surface area contributed by atoms with Crippen LogP contribution < -0.4 is 10.5 Å². The van der Waals surface area contributed by atoms with E-state index in [4.69, 9.17) is 15.0 Å². The van der Waals surface area contributed by atoms with Crippen molar-refractivity contribution >= 4 is 0 Å². The normalized spacial score (nSPS) is 10.5. The van der Waals surface area contributed by atoms with Crippen LogP contribution in [0.1, 0.15) is 11.5 Å². The molecule has 6 heteroatoms. The van der Waals surface area contributed by atoms with E-state index in [1.807, 2.05) is 42.5 Å². The molecule has 0 aliphatic heterocycles. The van der Waals surface area contributed by atoms with Crippen LogP contribution in [0.2, 0.25) is 0 Å². The van der Waals surface area contributed by atoms with Crippen LogP contribution >= 0.6 is 0 Å². The lowest BCUT2D eigenvalue weighted by atomic mass is 10.2. The maximum atomic E-state index is 5.61. The Morgan fingerprint density at radius 1 is 1.14 bits per heavy atom. The smallest absolute Gasteiger partial charge is 0.264 e. The Labute approximate surface area is 121 Å². The average Bonchev–Trinajstić information content (AvgIpc) is 3.03. The highest BCUT2D eigenvalue weighted by atomic mass is 16.5. The molecule has 0 saturated heterocycles. The fraction of sp³-hybridized carbons (Fsp3) is 0.133. The number of hydrogen-bond donors (Lipinski definition) is 1. The molecule has 2 aromatic heterocycles. The van der Waals surface area contributed by atoms with Gasteiger partial charge in [0.15, 0.2) is 6.61 Å². The Balaban J connectivity index is 1.67. The number of aromatic nitrogens is 3. The van der Waals surface area contributed by atoms with Crippen molar-refractivity contribution in [3.63, 3.8) is 0 Å². The molecule has 2 heterocycles. The standard InChI is InChI=1S/C15H14N4O2/c16-9-11-4-3-5-12(8-11)20-10-14-18-15(19-21-14)13-6-1-2-7-17-13/h1-8H,9-10,16H2. The first-order valence-electron chi connectivity index (χ1n) is 6.51. The van der Waals surface area contributed by atoms with E-state index in [9.17, 15) is 0 Å². The second-order valence-electron chi connectivity index (χ2n) is 4.37. The number of benzene rings is 1. The van der Waals surface area contributed by atoms with Gasteiger partial charge in [-0.3, -0.25) is 4.98 Å². The van der Waals surface area contributed by atoms with Crippen molar-refractivity contribution in [3.05, 3.63) is 60.1 Å². The monoisotopic (exact) mass is 282 g/mol. The minimum absolute atomic E-state index is 0.202. The van der Waals surface area contributed by atoms with Gasteiger partial charge in [-0.05, 0) is 29.8 Å². The minimum atomic E-state index is 0.202. The van der Waals surface area contributed by atoms with Crippen molar-refractivity contribution in [2.75, 3.05) is 0 Å². The molecule has 106 valence electrons. The molecule has 1 aromatic carbocycles. The van der Waals surface area contributed by atoms with Crippen LogP contribution in [0.4, 0.5) is 0 Å². The first-order valence-corrected chi connectivity index (χ1v) is 6.51. The molecule has 2 N–H and O–H groups in total. The van der Waals surface area contributed by atoms with Gasteiger partial charge < -0.3 is 15.0 Å². The predicted octanol–water partition coefficient (Wildman–Crippen LogP) is 2.17. The van der Waals surface area contributed by atoms with Crippen molar-refractivity contribution < 1.29 is 9.26 Å². The van der Waals surface area contributed by atoms with Crippen LogP contribution in [0.5, 0.6) is 5.75 Å². The van der Waals surface area contributed by atoms with Gasteiger partial charge in [0.1, 0.15) is 11.4 Å². The zero-order valence-electron chi connectivity index (χ0n) is 11.3. The van der Waals surface area contributed by atoms with Gasteiger partial charge in [0.25, 0.3) is 5.89 Å². The highest BCUT2D eigenvalue weighted by Gasteiger charge is 2.09. The van der Waals surface area contributed by atoms with Gasteiger partial charge in [0.2, 0.25) is 5.82 Å². The number of pyridine rings is 1. The molecule has 21 heavy (non-hydrogen) atoms. The Hall–Kier alpha value is -2.73.